The lowest BCUT2D eigenvalue weighted by molar-refractivity contribution is -0.00247. The van der Waals surface area contributed by atoms with Crippen molar-refractivity contribution in [2.24, 2.45) is 5.73 Å². The van der Waals surface area contributed by atoms with E-state index in [1.54, 1.807) is 6.26 Å². The molecule has 19 heavy (non-hydrogen) atoms. The van der Waals surface area contributed by atoms with Crippen LogP contribution in [0, 0.1) is 0 Å². The van der Waals surface area contributed by atoms with Gasteiger partial charge in [-0.05, 0) is 38.3 Å². The highest BCUT2D eigenvalue weighted by atomic mass is 16.5. The summed E-state index contributed by atoms with van der Waals surface area (Å²) in [5, 5.41) is 0. The van der Waals surface area contributed by atoms with Crippen molar-refractivity contribution in [2.75, 3.05) is 19.7 Å². The van der Waals surface area contributed by atoms with Crippen LogP contribution in [0.5, 0.6) is 0 Å². The molecule has 0 spiro atoms. The van der Waals surface area contributed by atoms with Gasteiger partial charge in [-0.15, -0.1) is 0 Å². The first kappa shape index (κ1) is 14.6. The Bertz CT molecular complexity index is 345. The van der Waals surface area contributed by atoms with Gasteiger partial charge in [-0.1, -0.05) is 6.92 Å². The molecule has 108 valence electrons. The zero-order valence-corrected chi connectivity index (χ0v) is 12.0. The summed E-state index contributed by atoms with van der Waals surface area (Å²) in [6, 6.07) is 4.30. The number of rotatable bonds is 6. The molecule has 0 amide bonds. The van der Waals surface area contributed by atoms with E-state index in [2.05, 4.69) is 18.7 Å². The van der Waals surface area contributed by atoms with Gasteiger partial charge >= 0.3 is 0 Å². The van der Waals surface area contributed by atoms with Crippen LogP contribution in [0.25, 0.3) is 0 Å². The van der Waals surface area contributed by atoms with Crippen molar-refractivity contribution in [2.45, 2.75) is 51.3 Å². The lowest BCUT2D eigenvalue weighted by Crippen LogP contribution is -2.45. The van der Waals surface area contributed by atoms with Crippen LogP contribution < -0.4 is 5.73 Å². The van der Waals surface area contributed by atoms with Gasteiger partial charge in [0, 0.05) is 25.7 Å². The predicted molar refractivity (Wildman–Crippen MR) is 75.9 cm³/mol. The summed E-state index contributed by atoms with van der Waals surface area (Å²) in [6.07, 6.45) is 5.27. The van der Waals surface area contributed by atoms with Crippen LogP contribution in [0.2, 0.25) is 0 Å². The van der Waals surface area contributed by atoms with Gasteiger partial charge in [-0.3, -0.25) is 4.90 Å². The minimum Gasteiger partial charge on any atom is -0.468 e. The second-order valence-corrected chi connectivity index (χ2v) is 5.22. The molecule has 2 unspecified atom stereocenters. The largest absolute Gasteiger partial charge is 0.468 e. The first-order valence-corrected chi connectivity index (χ1v) is 7.40. The van der Waals surface area contributed by atoms with E-state index in [1.807, 2.05) is 12.1 Å². The maximum atomic E-state index is 6.30. The molecule has 1 aliphatic rings. The summed E-state index contributed by atoms with van der Waals surface area (Å²) in [7, 11) is 0. The molecule has 4 nitrogen and oxygen atoms in total. The molecule has 0 aliphatic carbocycles. The number of hydrogen-bond donors (Lipinski definition) is 1. The second kappa shape index (κ2) is 7.08. The highest BCUT2D eigenvalue weighted by molar-refractivity contribution is 5.08. The van der Waals surface area contributed by atoms with Crippen LogP contribution in [0.15, 0.2) is 22.8 Å². The summed E-state index contributed by atoms with van der Waals surface area (Å²) in [5.41, 5.74) is 6.30. The molecule has 1 fully saturated rings. The molecule has 1 saturated heterocycles. The van der Waals surface area contributed by atoms with Crippen molar-refractivity contribution in [3.05, 3.63) is 24.2 Å². The van der Waals surface area contributed by atoms with E-state index < -0.39 is 0 Å². The number of hydrogen-bond acceptors (Lipinski definition) is 4. The Hall–Kier alpha value is -0.840. The maximum Gasteiger partial charge on any atom is 0.122 e. The highest BCUT2D eigenvalue weighted by Gasteiger charge is 2.31. The number of likely N-dealkylation sites (tertiary alicyclic amines) is 1. The molecule has 2 atom stereocenters. The van der Waals surface area contributed by atoms with Crippen LogP contribution in [0.3, 0.4) is 0 Å². The van der Waals surface area contributed by atoms with Crippen molar-refractivity contribution < 1.29 is 9.15 Å². The third kappa shape index (κ3) is 3.59. The Balaban J connectivity index is 2.00. The van der Waals surface area contributed by atoms with Gasteiger partial charge in [0.1, 0.15) is 5.76 Å². The third-order valence-electron chi connectivity index (χ3n) is 3.98. The number of nitrogens with zero attached hydrogens (tertiary/aromatic N) is 1. The van der Waals surface area contributed by atoms with Gasteiger partial charge in [0.25, 0.3) is 0 Å². The van der Waals surface area contributed by atoms with Crippen LogP contribution in [0.4, 0.5) is 0 Å². The Morgan fingerprint density at radius 1 is 1.42 bits per heavy atom. The van der Waals surface area contributed by atoms with Gasteiger partial charge in [-0.2, -0.15) is 0 Å². The lowest BCUT2D eigenvalue weighted by Gasteiger charge is -2.38. The number of furan rings is 1. The molecule has 1 aromatic rings. The van der Waals surface area contributed by atoms with Crippen molar-refractivity contribution in [3.8, 4) is 0 Å². The molecule has 0 saturated carbocycles. The van der Waals surface area contributed by atoms with Gasteiger partial charge in [0.2, 0.25) is 0 Å². The molecule has 0 bridgehead atoms. The Morgan fingerprint density at radius 3 is 2.68 bits per heavy atom. The number of ether oxygens (including phenoxy) is 1. The molecular weight excluding hydrogens is 240 g/mol. The van der Waals surface area contributed by atoms with Crippen molar-refractivity contribution in [1.82, 2.24) is 4.90 Å². The standard InChI is InChI=1S/C15H26N2O2/c1-3-13(16)15(14-6-5-11-19-14)17-9-7-12(8-10-17)18-4-2/h5-6,11-13,15H,3-4,7-10,16H2,1-2H3. The molecule has 2 rings (SSSR count). The minimum absolute atomic E-state index is 0.120. The van der Waals surface area contributed by atoms with Crippen LogP contribution >= 0.6 is 0 Å². The topological polar surface area (TPSA) is 51.6 Å². The first-order valence-electron chi connectivity index (χ1n) is 7.40. The first-order chi connectivity index (χ1) is 9.26. The van der Waals surface area contributed by atoms with Crippen LogP contribution in [-0.4, -0.2) is 36.7 Å². The van der Waals surface area contributed by atoms with E-state index in [0.717, 1.165) is 44.7 Å². The summed E-state index contributed by atoms with van der Waals surface area (Å²) in [5.74, 6) is 0.990. The van der Waals surface area contributed by atoms with Crippen molar-refractivity contribution in [3.63, 3.8) is 0 Å². The Morgan fingerprint density at radius 2 is 2.16 bits per heavy atom. The molecule has 2 N–H and O–H groups in total. The lowest BCUT2D eigenvalue weighted by atomic mass is 9.98. The van der Waals surface area contributed by atoms with E-state index in [4.69, 9.17) is 14.9 Å². The summed E-state index contributed by atoms with van der Waals surface area (Å²) >= 11 is 0. The average Bonchev–Trinajstić information content (AvgIpc) is 2.95. The molecule has 4 heteroatoms. The monoisotopic (exact) mass is 266 g/mol. The Labute approximate surface area is 115 Å². The summed E-state index contributed by atoms with van der Waals surface area (Å²) in [4.78, 5) is 2.45. The molecular formula is C15H26N2O2. The predicted octanol–water partition coefficient (Wildman–Crippen LogP) is 2.56. The van der Waals surface area contributed by atoms with Gasteiger partial charge in [0.05, 0.1) is 18.4 Å². The molecule has 1 aromatic heterocycles. The molecule has 0 aromatic carbocycles. The van der Waals surface area contributed by atoms with Crippen LogP contribution in [-0.2, 0) is 4.74 Å². The zero-order chi connectivity index (χ0) is 13.7. The van der Waals surface area contributed by atoms with Crippen molar-refractivity contribution in [1.29, 1.82) is 0 Å². The van der Waals surface area contributed by atoms with E-state index >= 15 is 0 Å². The molecule has 0 radical (unpaired) electrons. The molecule has 1 aliphatic heterocycles. The minimum atomic E-state index is 0.120. The van der Waals surface area contributed by atoms with E-state index in [-0.39, 0.29) is 12.1 Å². The average molecular weight is 266 g/mol. The van der Waals surface area contributed by atoms with Gasteiger partial charge < -0.3 is 14.9 Å². The fourth-order valence-corrected chi connectivity index (χ4v) is 2.90. The van der Waals surface area contributed by atoms with Crippen LogP contribution in [0.1, 0.15) is 44.9 Å². The number of nitrogens with two attached hydrogens (primary N) is 1. The quantitative estimate of drug-likeness (QED) is 0.859. The normalized spacial score (nSPS) is 21.4. The van der Waals surface area contributed by atoms with E-state index in [1.165, 1.54) is 0 Å². The Kier molecular flexibility index (Phi) is 5.43. The SMILES string of the molecule is CCOC1CCN(C(c2ccco2)C(N)CC)CC1. The fraction of sp³-hybridized carbons (Fsp3) is 0.733. The zero-order valence-electron chi connectivity index (χ0n) is 12.0. The fourth-order valence-electron chi connectivity index (χ4n) is 2.90. The summed E-state index contributed by atoms with van der Waals surface area (Å²) < 4.78 is 11.3. The van der Waals surface area contributed by atoms with E-state index in [0.29, 0.717) is 6.10 Å². The molecule has 2 heterocycles. The summed E-state index contributed by atoms with van der Waals surface area (Å²) in [6.45, 7) is 7.06. The maximum absolute atomic E-state index is 6.30. The van der Waals surface area contributed by atoms with Gasteiger partial charge in [0.15, 0.2) is 0 Å². The van der Waals surface area contributed by atoms with Gasteiger partial charge in [-0.25, -0.2) is 0 Å². The highest BCUT2D eigenvalue weighted by Crippen LogP contribution is 2.29. The van der Waals surface area contributed by atoms with E-state index in [9.17, 15) is 0 Å². The smallest absolute Gasteiger partial charge is 0.122 e. The third-order valence-corrected chi connectivity index (χ3v) is 3.98. The number of piperidine rings is 1. The second-order valence-electron chi connectivity index (χ2n) is 5.22. The van der Waals surface area contributed by atoms with Crippen molar-refractivity contribution >= 4 is 0 Å².